The van der Waals surface area contributed by atoms with Gasteiger partial charge in [-0.2, -0.15) is 20.5 Å². The van der Waals surface area contributed by atoms with Crippen molar-refractivity contribution in [1.29, 1.82) is 0 Å². The fraction of sp³-hybridized carbons (Fsp3) is 0.677. The summed E-state index contributed by atoms with van der Waals surface area (Å²) < 4.78 is 79.1. The molecule has 1 aromatic rings. The van der Waals surface area contributed by atoms with E-state index in [-0.39, 0.29) is 82.2 Å². The van der Waals surface area contributed by atoms with E-state index in [0.29, 0.717) is 37.7 Å². The van der Waals surface area contributed by atoms with Gasteiger partial charge in [-0.1, -0.05) is 13.3 Å². The number of carbonyl (C=O) groups excluding carboxylic acids is 4. The third-order valence-corrected chi connectivity index (χ3v) is 9.05. The average molecular weight is 725 g/mol. The molecule has 49 heavy (non-hydrogen) atoms. The molecule has 0 radical (unpaired) electrons. The molecule has 2 heterocycles. The predicted octanol–water partition coefficient (Wildman–Crippen LogP) is 2.34. The van der Waals surface area contributed by atoms with Crippen LogP contribution >= 0.6 is 11.8 Å². The number of hydrogen-bond acceptors (Lipinski definition) is 10. The third kappa shape index (κ3) is 13.9. The van der Waals surface area contributed by atoms with E-state index in [4.69, 9.17) is 18.9 Å². The molecule has 0 bridgehead atoms. The van der Waals surface area contributed by atoms with Crippen molar-refractivity contribution in [3.05, 3.63) is 29.3 Å². The molecule has 0 saturated carbocycles. The highest BCUT2D eigenvalue weighted by molar-refractivity contribution is 8.00. The van der Waals surface area contributed by atoms with E-state index in [9.17, 15) is 36.7 Å². The minimum absolute atomic E-state index is 0.00914. The molecule has 0 aliphatic carbocycles. The maximum absolute atomic E-state index is 13.5. The summed E-state index contributed by atoms with van der Waals surface area (Å²) in [5.74, 6) is -9.11. The van der Waals surface area contributed by atoms with Crippen LogP contribution in [-0.4, -0.2) is 112 Å². The van der Waals surface area contributed by atoms with Gasteiger partial charge in [-0.3, -0.25) is 14.4 Å². The zero-order chi connectivity index (χ0) is 35.6. The van der Waals surface area contributed by atoms with Crippen LogP contribution in [0.25, 0.3) is 0 Å². The lowest BCUT2D eigenvalue weighted by Crippen LogP contribution is -2.47. The fourth-order valence-corrected chi connectivity index (χ4v) is 6.53. The number of nitrogens with one attached hydrogen (secondary N) is 4. The summed E-state index contributed by atoms with van der Waals surface area (Å²) in [6.45, 7) is 3.59. The smallest absolute Gasteiger partial charge is 0.315 e. The Hall–Kier alpha value is -3.19. The van der Waals surface area contributed by atoms with E-state index in [2.05, 4.69) is 26.0 Å². The van der Waals surface area contributed by atoms with Crippen LogP contribution in [0.4, 0.5) is 22.4 Å². The summed E-state index contributed by atoms with van der Waals surface area (Å²) in [4.78, 5) is 48.0. The number of rotatable bonds is 24. The first kappa shape index (κ1) is 40.2. The van der Waals surface area contributed by atoms with Gasteiger partial charge in [-0.15, -0.1) is 0 Å². The average Bonchev–Trinajstić information content (AvgIpc) is 3.63. The molecule has 2 aliphatic heterocycles. The summed E-state index contributed by atoms with van der Waals surface area (Å²) in [7, 11) is 0. The van der Waals surface area contributed by atoms with Gasteiger partial charge in [0, 0.05) is 30.0 Å². The third-order valence-electron chi connectivity index (χ3n) is 7.54. The van der Waals surface area contributed by atoms with Gasteiger partial charge in [-0.25, -0.2) is 13.6 Å². The Labute approximate surface area is 286 Å². The number of urea groups is 1. The van der Waals surface area contributed by atoms with Crippen LogP contribution in [0.2, 0.25) is 0 Å². The number of thioether (sulfide) groups is 1. The van der Waals surface area contributed by atoms with Crippen molar-refractivity contribution in [3.63, 3.8) is 0 Å². The molecule has 0 spiro atoms. The van der Waals surface area contributed by atoms with E-state index in [1.165, 1.54) is 0 Å². The van der Waals surface area contributed by atoms with Crippen LogP contribution in [0.15, 0.2) is 6.07 Å². The van der Waals surface area contributed by atoms with Gasteiger partial charge in [0.25, 0.3) is 0 Å². The number of ether oxygens (including phenoxy) is 5. The minimum Gasteiger partial charge on any atom is -0.420 e. The summed E-state index contributed by atoms with van der Waals surface area (Å²) >= 11 is 1.84. The second kappa shape index (κ2) is 21.8. The molecule has 2 fully saturated rings. The molecular weight excluding hydrogens is 680 g/mol. The van der Waals surface area contributed by atoms with Crippen LogP contribution in [-0.2, 0) is 33.3 Å². The number of unbranched alkanes of at least 4 members (excludes halogenated alkanes) is 1. The molecule has 13 nitrogen and oxygen atoms in total. The maximum atomic E-state index is 13.5. The first-order valence-corrected chi connectivity index (χ1v) is 17.3. The molecule has 2 aliphatic rings. The van der Waals surface area contributed by atoms with Gasteiger partial charge < -0.3 is 45.0 Å². The van der Waals surface area contributed by atoms with E-state index >= 15 is 0 Å². The van der Waals surface area contributed by atoms with Crippen molar-refractivity contribution in [2.45, 2.75) is 68.8 Å². The molecule has 2 saturated heterocycles. The molecule has 4 N–H and O–H groups in total. The first-order chi connectivity index (χ1) is 23.6. The van der Waals surface area contributed by atoms with E-state index in [0.717, 1.165) is 18.6 Å². The van der Waals surface area contributed by atoms with Gasteiger partial charge >= 0.3 is 12.0 Å². The highest BCUT2D eigenvalue weighted by atomic mass is 32.2. The van der Waals surface area contributed by atoms with E-state index in [1.54, 1.807) is 0 Å². The van der Waals surface area contributed by atoms with Crippen molar-refractivity contribution >= 4 is 35.6 Å². The zero-order valence-electron chi connectivity index (χ0n) is 27.3. The Morgan fingerprint density at radius 3 is 2.12 bits per heavy atom. The number of amides is 4. The van der Waals surface area contributed by atoms with Crippen LogP contribution in [0, 0.1) is 23.3 Å². The topological polar surface area (TPSA) is 163 Å². The molecule has 0 unspecified atom stereocenters. The monoisotopic (exact) mass is 724 g/mol. The lowest BCUT2D eigenvalue weighted by molar-refractivity contribution is -0.136. The van der Waals surface area contributed by atoms with Gasteiger partial charge in [0.05, 0.1) is 71.4 Å². The minimum atomic E-state index is -1.81. The number of benzene rings is 1. The Bertz CT molecular complexity index is 1230. The van der Waals surface area contributed by atoms with E-state index < -0.39 is 47.5 Å². The van der Waals surface area contributed by atoms with Crippen molar-refractivity contribution in [1.82, 2.24) is 21.3 Å². The number of carbonyl (C=O) groups is 4. The quantitative estimate of drug-likeness (QED) is 0.0311. The molecule has 3 rings (SSSR count). The standard InChI is InChI=1S/C31H44F4N4O9S/c1-2-21(37-24(40)6-4-3-5-23-28-22(18-49-23)38-31(43)39-28)30(42)36-8-10-45-12-14-47-16-15-46-13-11-44-9-7-25(41)48-29-26(34)19(32)17-20(33)27(29)35/h17,21-23,28H,2-16,18H2,1H3,(H,36,42)(H,37,40)(H2,38,39,43)/t21-,22-,23-,28-/m0/s1. The maximum Gasteiger partial charge on any atom is 0.315 e. The lowest BCUT2D eigenvalue weighted by Gasteiger charge is -2.18. The summed E-state index contributed by atoms with van der Waals surface area (Å²) in [6, 6.07) is -0.395. The van der Waals surface area contributed by atoms with Crippen molar-refractivity contribution in [3.8, 4) is 5.75 Å². The Morgan fingerprint density at radius 1 is 0.878 bits per heavy atom. The highest BCUT2D eigenvalue weighted by Crippen LogP contribution is 2.33. The molecule has 0 aromatic heterocycles. The second-order valence-corrected chi connectivity index (χ2v) is 12.4. The second-order valence-electron chi connectivity index (χ2n) is 11.2. The molecular formula is C31H44F4N4O9S. The number of fused-ring (bicyclic) bond motifs is 1. The molecule has 1 aromatic carbocycles. The number of halogens is 4. The molecule has 18 heteroatoms. The van der Waals surface area contributed by atoms with E-state index in [1.807, 2.05) is 18.7 Å². The van der Waals surface area contributed by atoms with Crippen molar-refractivity contribution < 1.29 is 60.4 Å². The molecule has 4 amide bonds. The number of hydrogen-bond donors (Lipinski definition) is 4. The van der Waals surface area contributed by atoms with Gasteiger partial charge in [0.15, 0.2) is 11.6 Å². The lowest BCUT2D eigenvalue weighted by atomic mass is 10.0. The Morgan fingerprint density at radius 2 is 1.49 bits per heavy atom. The van der Waals surface area contributed by atoms with Crippen LogP contribution < -0.4 is 26.0 Å². The summed E-state index contributed by atoms with van der Waals surface area (Å²) in [5.41, 5.74) is 0. The Kier molecular flexibility index (Phi) is 17.9. The van der Waals surface area contributed by atoms with Crippen LogP contribution in [0.3, 0.4) is 0 Å². The summed E-state index contributed by atoms with van der Waals surface area (Å²) in [5, 5.41) is 11.8. The zero-order valence-corrected chi connectivity index (χ0v) is 28.1. The summed E-state index contributed by atoms with van der Waals surface area (Å²) in [6.07, 6.45) is 2.86. The van der Waals surface area contributed by atoms with Crippen molar-refractivity contribution in [2.24, 2.45) is 0 Å². The van der Waals surface area contributed by atoms with Gasteiger partial charge in [-0.05, 0) is 19.3 Å². The highest BCUT2D eigenvalue weighted by Gasteiger charge is 2.42. The van der Waals surface area contributed by atoms with Crippen molar-refractivity contribution in [2.75, 3.05) is 65.2 Å². The molecule has 4 atom stereocenters. The largest absolute Gasteiger partial charge is 0.420 e. The SMILES string of the molecule is CC[C@H](NC(=O)CCCC[C@@H]1SC[C@@H]2NC(=O)N[C@@H]21)C(=O)NCCOCCOCCOCCOCCC(=O)Oc1c(F)c(F)cc(F)c1F. The van der Waals surface area contributed by atoms with Gasteiger partial charge in [0.2, 0.25) is 29.2 Å². The normalized spacial score (nSPS) is 18.8. The van der Waals surface area contributed by atoms with Gasteiger partial charge in [0.1, 0.15) is 6.04 Å². The Balaban J connectivity index is 1.09. The molecule has 276 valence electrons. The van der Waals surface area contributed by atoms with Crippen LogP contribution in [0.5, 0.6) is 5.75 Å². The first-order valence-electron chi connectivity index (χ1n) is 16.2. The number of esters is 1. The predicted molar refractivity (Wildman–Crippen MR) is 169 cm³/mol. The van der Waals surface area contributed by atoms with Crippen LogP contribution in [0.1, 0.15) is 45.4 Å². The fourth-order valence-electron chi connectivity index (χ4n) is 4.99.